The maximum atomic E-state index is 9.13. The number of phenolic OH excluding ortho intramolecular Hbond substituents is 1. The maximum Gasteiger partial charge on any atom is 0.120 e. The van der Waals surface area contributed by atoms with Gasteiger partial charge in [-0.05, 0) is 35.4 Å². The Balaban J connectivity index is 1.97. The minimum absolute atomic E-state index is 0.243. The molecule has 2 rings (SSSR count). The van der Waals surface area contributed by atoms with Crippen LogP contribution < -0.4 is 4.74 Å². The highest BCUT2D eigenvalue weighted by Crippen LogP contribution is 2.17. The number of aromatic hydroxyl groups is 1. The van der Waals surface area contributed by atoms with Crippen LogP contribution >= 0.6 is 0 Å². The largest absolute Gasteiger partial charge is 0.508 e. The topological polar surface area (TPSA) is 29.5 Å². The molecule has 0 radical (unpaired) electrons. The Bertz CT molecular complexity index is 483. The minimum Gasteiger partial charge on any atom is -0.508 e. The lowest BCUT2D eigenvalue weighted by molar-refractivity contribution is 0.305. The second-order valence-electron chi connectivity index (χ2n) is 3.73. The molecule has 2 aromatic carbocycles. The Morgan fingerprint density at radius 1 is 1.00 bits per heavy atom. The Morgan fingerprint density at radius 3 is 2.24 bits per heavy atom. The molecule has 0 aromatic heterocycles. The average molecular weight is 226 g/mol. The monoisotopic (exact) mass is 226 g/mol. The van der Waals surface area contributed by atoms with Crippen molar-refractivity contribution in [2.45, 2.75) is 6.61 Å². The lowest BCUT2D eigenvalue weighted by Crippen LogP contribution is -1.94. The van der Waals surface area contributed by atoms with Crippen molar-refractivity contribution in [2.24, 2.45) is 0 Å². The first-order chi connectivity index (χ1) is 8.28. The number of hydrogen-bond acceptors (Lipinski definition) is 2. The highest BCUT2D eigenvalue weighted by atomic mass is 16.5. The van der Waals surface area contributed by atoms with Crippen LogP contribution in [0.3, 0.4) is 0 Å². The van der Waals surface area contributed by atoms with Crippen molar-refractivity contribution < 1.29 is 9.84 Å². The van der Waals surface area contributed by atoms with Crippen molar-refractivity contribution in [3.8, 4) is 11.5 Å². The number of benzene rings is 2. The first kappa shape index (κ1) is 11.3. The molecule has 0 heterocycles. The van der Waals surface area contributed by atoms with Crippen LogP contribution in [-0.4, -0.2) is 5.11 Å². The van der Waals surface area contributed by atoms with E-state index >= 15 is 0 Å². The molecule has 0 amide bonds. The zero-order valence-electron chi connectivity index (χ0n) is 9.47. The fourth-order valence-electron chi connectivity index (χ4n) is 1.46. The number of hydrogen-bond donors (Lipinski definition) is 1. The van der Waals surface area contributed by atoms with Gasteiger partial charge in [0.05, 0.1) is 0 Å². The zero-order chi connectivity index (χ0) is 12.1. The summed E-state index contributed by atoms with van der Waals surface area (Å²) in [5, 5.41) is 9.13. The Labute approximate surface area is 101 Å². The van der Waals surface area contributed by atoms with Crippen LogP contribution in [0.5, 0.6) is 11.5 Å². The van der Waals surface area contributed by atoms with Crippen molar-refractivity contribution in [3.63, 3.8) is 0 Å². The first-order valence-corrected chi connectivity index (χ1v) is 5.41. The van der Waals surface area contributed by atoms with E-state index in [-0.39, 0.29) is 5.75 Å². The second-order valence-corrected chi connectivity index (χ2v) is 3.73. The summed E-state index contributed by atoms with van der Waals surface area (Å²) in [6.07, 6.45) is 1.81. The van der Waals surface area contributed by atoms with Gasteiger partial charge in [-0.2, -0.15) is 0 Å². The van der Waals surface area contributed by atoms with Crippen molar-refractivity contribution in [2.75, 3.05) is 0 Å². The summed E-state index contributed by atoms with van der Waals surface area (Å²) in [7, 11) is 0. The van der Waals surface area contributed by atoms with Crippen LogP contribution in [0.25, 0.3) is 6.08 Å². The molecule has 0 aliphatic carbocycles. The SMILES string of the molecule is C=Cc1ccc(COc2ccc(O)cc2)cc1. The molecule has 0 unspecified atom stereocenters. The predicted molar refractivity (Wildman–Crippen MR) is 69.0 cm³/mol. The van der Waals surface area contributed by atoms with Crippen molar-refractivity contribution in [3.05, 3.63) is 66.2 Å². The second kappa shape index (κ2) is 5.21. The summed E-state index contributed by atoms with van der Waals surface area (Å²) in [6, 6.07) is 14.7. The third kappa shape index (κ3) is 3.11. The van der Waals surface area contributed by atoms with Crippen LogP contribution in [0.4, 0.5) is 0 Å². The molecular weight excluding hydrogens is 212 g/mol. The summed E-state index contributed by atoms with van der Waals surface area (Å²) in [4.78, 5) is 0. The highest BCUT2D eigenvalue weighted by molar-refractivity contribution is 5.47. The molecule has 0 spiro atoms. The fraction of sp³-hybridized carbons (Fsp3) is 0.0667. The van der Waals surface area contributed by atoms with E-state index in [9.17, 15) is 0 Å². The molecule has 86 valence electrons. The molecule has 17 heavy (non-hydrogen) atoms. The van der Waals surface area contributed by atoms with E-state index in [1.54, 1.807) is 24.3 Å². The van der Waals surface area contributed by atoms with Gasteiger partial charge >= 0.3 is 0 Å². The van der Waals surface area contributed by atoms with Gasteiger partial charge < -0.3 is 9.84 Å². The van der Waals surface area contributed by atoms with Crippen LogP contribution in [0.15, 0.2) is 55.1 Å². The number of rotatable bonds is 4. The molecule has 2 nitrogen and oxygen atoms in total. The summed E-state index contributed by atoms with van der Waals surface area (Å²) in [6.45, 7) is 4.22. The van der Waals surface area contributed by atoms with Crippen molar-refractivity contribution in [1.29, 1.82) is 0 Å². The van der Waals surface area contributed by atoms with Crippen LogP contribution in [0.1, 0.15) is 11.1 Å². The van der Waals surface area contributed by atoms with Gasteiger partial charge in [0, 0.05) is 0 Å². The van der Waals surface area contributed by atoms with E-state index in [4.69, 9.17) is 9.84 Å². The molecule has 0 aliphatic heterocycles. The predicted octanol–water partition coefficient (Wildman–Crippen LogP) is 3.61. The van der Waals surface area contributed by atoms with Gasteiger partial charge in [0.2, 0.25) is 0 Å². The molecule has 0 atom stereocenters. The van der Waals surface area contributed by atoms with Crippen molar-refractivity contribution >= 4 is 6.08 Å². The highest BCUT2D eigenvalue weighted by Gasteiger charge is 1.96. The first-order valence-electron chi connectivity index (χ1n) is 5.41. The van der Waals surface area contributed by atoms with E-state index in [1.807, 2.05) is 30.3 Å². The molecule has 0 saturated carbocycles. The van der Waals surface area contributed by atoms with Crippen molar-refractivity contribution in [1.82, 2.24) is 0 Å². The summed E-state index contributed by atoms with van der Waals surface area (Å²) < 4.78 is 5.58. The molecule has 1 N–H and O–H groups in total. The molecule has 0 fully saturated rings. The van der Waals surface area contributed by atoms with E-state index < -0.39 is 0 Å². The van der Waals surface area contributed by atoms with Gasteiger partial charge in [0.15, 0.2) is 0 Å². The van der Waals surface area contributed by atoms with E-state index in [2.05, 4.69) is 6.58 Å². The van der Waals surface area contributed by atoms with E-state index in [0.29, 0.717) is 6.61 Å². The fourth-order valence-corrected chi connectivity index (χ4v) is 1.46. The maximum absolute atomic E-state index is 9.13. The van der Waals surface area contributed by atoms with Gasteiger partial charge in [0.1, 0.15) is 18.1 Å². The quantitative estimate of drug-likeness (QED) is 0.862. The van der Waals surface area contributed by atoms with E-state index in [1.165, 1.54) is 0 Å². The molecule has 2 aromatic rings. The Kier molecular flexibility index (Phi) is 3.46. The van der Waals surface area contributed by atoms with Gasteiger partial charge in [-0.25, -0.2) is 0 Å². The number of phenols is 1. The number of ether oxygens (including phenoxy) is 1. The third-order valence-corrected chi connectivity index (χ3v) is 2.46. The molecular formula is C15H14O2. The normalized spacial score (nSPS) is 9.88. The van der Waals surface area contributed by atoms with Crippen LogP contribution in [-0.2, 0) is 6.61 Å². The van der Waals surface area contributed by atoms with Gasteiger partial charge in [-0.1, -0.05) is 36.9 Å². The molecule has 0 saturated heterocycles. The van der Waals surface area contributed by atoms with Gasteiger partial charge in [-0.3, -0.25) is 0 Å². The van der Waals surface area contributed by atoms with Crippen LogP contribution in [0, 0.1) is 0 Å². The standard InChI is InChI=1S/C15H14O2/c1-2-12-3-5-13(6-4-12)11-17-15-9-7-14(16)8-10-15/h2-10,16H,1,11H2. The Morgan fingerprint density at radius 2 is 1.65 bits per heavy atom. The minimum atomic E-state index is 0.243. The average Bonchev–Trinajstić information content (AvgIpc) is 2.39. The van der Waals surface area contributed by atoms with Gasteiger partial charge in [-0.15, -0.1) is 0 Å². The lowest BCUT2D eigenvalue weighted by Gasteiger charge is -2.06. The zero-order valence-corrected chi connectivity index (χ0v) is 9.47. The molecule has 2 heteroatoms. The molecule has 0 aliphatic rings. The smallest absolute Gasteiger partial charge is 0.120 e. The Hall–Kier alpha value is -2.22. The molecule has 0 bridgehead atoms. The van der Waals surface area contributed by atoms with E-state index in [0.717, 1.165) is 16.9 Å². The van der Waals surface area contributed by atoms with Gasteiger partial charge in [0.25, 0.3) is 0 Å². The third-order valence-electron chi connectivity index (χ3n) is 2.46. The summed E-state index contributed by atoms with van der Waals surface area (Å²) in [5.74, 6) is 0.989. The summed E-state index contributed by atoms with van der Waals surface area (Å²) in [5.41, 5.74) is 2.20. The lowest BCUT2D eigenvalue weighted by atomic mass is 10.1. The van der Waals surface area contributed by atoms with Crippen LogP contribution in [0.2, 0.25) is 0 Å². The summed E-state index contributed by atoms with van der Waals surface area (Å²) >= 11 is 0.